The Kier molecular flexibility index (Phi) is 3.26. The summed E-state index contributed by atoms with van der Waals surface area (Å²) in [6.45, 7) is 0.887. The van der Waals surface area contributed by atoms with Gasteiger partial charge in [-0.2, -0.15) is 0 Å². The van der Waals surface area contributed by atoms with Crippen molar-refractivity contribution in [2.45, 2.75) is 18.9 Å². The van der Waals surface area contributed by atoms with Crippen molar-refractivity contribution < 1.29 is 4.79 Å². The molecule has 0 aliphatic carbocycles. The van der Waals surface area contributed by atoms with E-state index in [1.54, 1.807) is 11.3 Å². The van der Waals surface area contributed by atoms with Crippen molar-refractivity contribution >= 4 is 17.1 Å². The normalized spacial score (nSPS) is 18.3. The maximum absolute atomic E-state index is 12.4. The molecule has 2 heterocycles. The lowest BCUT2D eigenvalue weighted by Crippen LogP contribution is -2.35. The van der Waals surface area contributed by atoms with Crippen LogP contribution in [-0.2, 0) is 17.6 Å². The van der Waals surface area contributed by atoms with Gasteiger partial charge in [-0.05, 0) is 29.0 Å². The third-order valence-electron chi connectivity index (χ3n) is 3.36. The molecule has 1 aliphatic rings. The van der Waals surface area contributed by atoms with Crippen LogP contribution in [0.2, 0.25) is 0 Å². The number of benzene rings is 1. The summed E-state index contributed by atoms with van der Waals surface area (Å²) in [6, 6.07) is 12.1. The summed E-state index contributed by atoms with van der Waals surface area (Å²) in [5.74, 6) is 0.268. The fourth-order valence-electron chi connectivity index (χ4n) is 2.48. The zero-order valence-corrected chi connectivity index (χ0v) is 10.9. The number of nitrogens with one attached hydrogen (secondary N) is 1. The standard InChI is InChI=1S/C15H15NOS/c17-14(10-12-5-3-9-18-12)15-13-6-2-1-4-11(13)7-8-16-15/h1-6,9,15-16H,7-8,10H2. The molecule has 0 saturated carbocycles. The second-order valence-electron chi connectivity index (χ2n) is 4.56. The average Bonchev–Trinajstić information content (AvgIpc) is 2.91. The molecular weight excluding hydrogens is 242 g/mol. The molecule has 1 aliphatic heterocycles. The Hall–Kier alpha value is -1.45. The van der Waals surface area contributed by atoms with Gasteiger partial charge in [-0.1, -0.05) is 30.3 Å². The highest BCUT2D eigenvalue weighted by Crippen LogP contribution is 2.25. The largest absolute Gasteiger partial charge is 0.303 e. The molecule has 1 atom stereocenters. The summed E-state index contributed by atoms with van der Waals surface area (Å²) in [7, 11) is 0. The highest BCUT2D eigenvalue weighted by atomic mass is 32.1. The van der Waals surface area contributed by atoms with Gasteiger partial charge in [-0.15, -0.1) is 11.3 Å². The van der Waals surface area contributed by atoms with E-state index in [0.717, 1.165) is 23.4 Å². The smallest absolute Gasteiger partial charge is 0.159 e. The van der Waals surface area contributed by atoms with Crippen LogP contribution in [0.25, 0.3) is 0 Å². The van der Waals surface area contributed by atoms with Gasteiger partial charge < -0.3 is 5.32 Å². The molecule has 0 saturated heterocycles. The lowest BCUT2D eigenvalue weighted by atomic mass is 9.91. The van der Waals surface area contributed by atoms with Crippen LogP contribution in [0.4, 0.5) is 0 Å². The van der Waals surface area contributed by atoms with Gasteiger partial charge in [0.25, 0.3) is 0 Å². The number of hydrogen-bond donors (Lipinski definition) is 1. The summed E-state index contributed by atoms with van der Waals surface area (Å²) in [6.07, 6.45) is 1.54. The third kappa shape index (κ3) is 2.24. The Balaban J connectivity index is 1.83. The SMILES string of the molecule is O=C(Cc1cccs1)C1NCCc2ccccc21. The first-order valence-corrected chi connectivity index (χ1v) is 7.09. The molecule has 1 unspecified atom stereocenters. The monoisotopic (exact) mass is 257 g/mol. The van der Waals surface area contributed by atoms with E-state index >= 15 is 0 Å². The fraction of sp³-hybridized carbons (Fsp3) is 0.267. The van der Waals surface area contributed by atoms with Gasteiger partial charge >= 0.3 is 0 Å². The van der Waals surface area contributed by atoms with Gasteiger partial charge in [0.05, 0.1) is 6.04 Å². The molecule has 2 nitrogen and oxygen atoms in total. The minimum absolute atomic E-state index is 0.128. The molecule has 0 spiro atoms. The summed E-state index contributed by atoms with van der Waals surface area (Å²) in [4.78, 5) is 13.5. The fourth-order valence-corrected chi connectivity index (χ4v) is 3.19. The molecular formula is C15H15NOS. The number of fused-ring (bicyclic) bond motifs is 1. The molecule has 0 fully saturated rings. The van der Waals surface area contributed by atoms with Crippen molar-refractivity contribution in [1.82, 2.24) is 5.32 Å². The van der Waals surface area contributed by atoms with E-state index in [4.69, 9.17) is 0 Å². The highest BCUT2D eigenvalue weighted by molar-refractivity contribution is 7.10. The highest BCUT2D eigenvalue weighted by Gasteiger charge is 2.25. The number of Topliss-reactive ketones (excluding diaryl/α,β-unsaturated/α-hetero) is 1. The van der Waals surface area contributed by atoms with E-state index < -0.39 is 0 Å². The van der Waals surface area contributed by atoms with E-state index in [1.165, 1.54) is 5.56 Å². The molecule has 0 bridgehead atoms. The second-order valence-corrected chi connectivity index (χ2v) is 5.59. The molecule has 92 valence electrons. The summed E-state index contributed by atoms with van der Waals surface area (Å²) >= 11 is 1.65. The Morgan fingerprint density at radius 2 is 2.17 bits per heavy atom. The minimum Gasteiger partial charge on any atom is -0.303 e. The van der Waals surface area contributed by atoms with Crippen LogP contribution >= 0.6 is 11.3 Å². The van der Waals surface area contributed by atoms with Crippen molar-refractivity contribution in [2.24, 2.45) is 0 Å². The van der Waals surface area contributed by atoms with Crippen molar-refractivity contribution in [3.63, 3.8) is 0 Å². The van der Waals surface area contributed by atoms with E-state index in [-0.39, 0.29) is 11.8 Å². The topological polar surface area (TPSA) is 29.1 Å². The van der Waals surface area contributed by atoms with Gasteiger partial charge in [0, 0.05) is 17.8 Å². The average molecular weight is 257 g/mol. The Morgan fingerprint density at radius 1 is 1.28 bits per heavy atom. The van der Waals surface area contributed by atoms with Crippen LogP contribution < -0.4 is 5.32 Å². The number of rotatable bonds is 3. The van der Waals surface area contributed by atoms with Crippen molar-refractivity contribution in [2.75, 3.05) is 6.54 Å². The van der Waals surface area contributed by atoms with Crippen LogP contribution in [0, 0.1) is 0 Å². The molecule has 1 N–H and O–H groups in total. The number of hydrogen-bond acceptors (Lipinski definition) is 3. The third-order valence-corrected chi connectivity index (χ3v) is 4.24. The molecule has 2 aromatic rings. The van der Waals surface area contributed by atoms with E-state index in [1.807, 2.05) is 29.6 Å². The Morgan fingerprint density at radius 3 is 3.00 bits per heavy atom. The predicted molar refractivity (Wildman–Crippen MR) is 73.9 cm³/mol. The quantitative estimate of drug-likeness (QED) is 0.916. The number of thiophene rings is 1. The zero-order chi connectivity index (χ0) is 12.4. The minimum atomic E-state index is -0.128. The Labute approximate surface area is 111 Å². The van der Waals surface area contributed by atoms with Gasteiger partial charge in [0.15, 0.2) is 5.78 Å². The molecule has 0 radical (unpaired) electrons. The maximum atomic E-state index is 12.4. The van der Waals surface area contributed by atoms with Crippen molar-refractivity contribution in [3.05, 3.63) is 57.8 Å². The van der Waals surface area contributed by atoms with Crippen LogP contribution in [0.3, 0.4) is 0 Å². The first-order chi connectivity index (χ1) is 8.84. The summed E-state index contributed by atoms with van der Waals surface area (Å²) in [5.41, 5.74) is 2.46. The molecule has 3 heteroatoms. The molecule has 18 heavy (non-hydrogen) atoms. The van der Waals surface area contributed by atoms with Gasteiger partial charge in [0.2, 0.25) is 0 Å². The van der Waals surface area contributed by atoms with Crippen LogP contribution in [0.1, 0.15) is 22.0 Å². The van der Waals surface area contributed by atoms with E-state index in [9.17, 15) is 4.79 Å². The van der Waals surface area contributed by atoms with Crippen LogP contribution in [0.5, 0.6) is 0 Å². The number of carbonyl (C=O) groups is 1. The number of ketones is 1. The van der Waals surface area contributed by atoms with Gasteiger partial charge in [-0.25, -0.2) is 0 Å². The zero-order valence-electron chi connectivity index (χ0n) is 10.1. The Bertz CT molecular complexity index is 547. The second kappa shape index (κ2) is 5.04. The van der Waals surface area contributed by atoms with E-state index in [0.29, 0.717) is 6.42 Å². The van der Waals surface area contributed by atoms with Crippen molar-refractivity contribution in [3.8, 4) is 0 Å². The maximum Gasteiger partial charge on any atom is 0.159 e. The summed E-state index contributed by atoms with van der Waals surface area (Å²) < 4.78 is 0. The molecule has 1 aromatic heterocycles. The van der Waals surface area contributed by atoms with Crippen LogP contribution in [0.15, 0.2) is 41.8 Å². The first-order valence-electron chi connectivity index (χ1n) is 6.21. The first kappa shape index (κ1) is 11.6. The molecule has 3 rings (SSSR count). The summed E-state index contributed by atoms with van der Waals surface area (Å²) in [5, 5.41) is 5.36. The van der Waals surface area contributed by atoms with Crippen molar-refractivity contribution in [1.29, 1.82) is 0 Å². The van der Waals surface area contributed by atoms with Gasteiger partial charge in [0.1, 0.15) is 0 Å². The molecule has 1 aromatic carbocycles. The lowest BCUT2D eigenvalue weighted by molar-refractivity contribution is -0.120. The molecule has 0 amide bonds. The predicted octanol–water partition coefficient (Wildman–Crippen LogP) is 2.75. The van der Waals surface area contributed by atoms with Crippen LogP contribution in [-0.4, -0.2) is 12.3 Å². The lowest BCUT2D eigenvalue weighted by Gasteiger charge is -2.25. The van der Waals surface area contributed by atoms with E-state index in [2.05, 4.69) is 17.4 Å². The van der Waals surface area contributed by atoms with Gasteiger partial charge in [-0.3, -0.25) is 4.79 Å². The number of carbonyl (C=O) groups excluding carboxylic acids is 1.